The van der Waals surface area contributed by atoms with Crippen LogP contribution in [-0.4, -0.2) is 40.5 Å². The van der Waals surface area contributed by atoms with E-state index in [0.29, 0.717) is 12.8 Å². The van der Waals surface area contributed by atoms with Crippen LogP contribution in [0.25, 0.3) is 11.1 Å². The molecule has 38 heavy (non-hydrogen) atoms. The molecule has 1 fully saturated rings. The van der Waals surface area contributed by atoms with Crippen molar-refractivity contribution in [2.75, 3.05) is 0 Å². The second-order valence-electron chi connectivity index (χ2n) is 11.9. The summed E-state index contributed by atoms with van der Waals surface area (Å²) in [5.41, 5.74) is 5.03. The van der Waals surface area contributed by atoms with Gasteiger partial charge in [0.2, 0.25) is 0 Å². The van der Waals surface area contributed by atoms with Crippen LogP contribution in [0, 0.1) is 0 Å². The summed E-state index contributed by atoms with van der Waals surface area (Å²) < 4.78 is 12.8. The first-order valence-corrected chi connectivity index (χ1v) is 14.0. The van der Waals surface area contributed by atoms with Gasteiger partial charge in [-0.2, -0.15) is 0 Å². The largest absolute Gasteiger partial charge is 0.494 e. The first-order chi connectivity index (χ1) is 18.0. The molecule has 0 amide bonds. The van der Waals surface area contributed by atoms with Crippen molar-refractivity contribution in [2.45, 2.75) is 109 Å². The molecule has 2 aliphatic rings. The maximum absolute atomic E-state index is 11.0. The van der Waals surface area contributed by atoms with Crippen LogP contribution in [0.15, 0.2) is 42.5 Å². The molecule has 0 radical (unpaired) electrons. The van der Waals surface area contributed by atoms with Crippen molar-refractivity contribution in [3.05, 3.63) is 53.6 Å². The predicted molar refractivity (Wildman–Crippen MR) is 150 cm³/mol. The summed E-state index contributed by atoms with van der Waals surface area (Å²) in [6.45, 7) is 8.26. The molecule has 0 spiro atoms. The van der Waals surface area contributed by atoms with Crippen molar-refractivity contribution in [3.63, 3.8) is 0 Å². The molecule has 4 rings (SSSR count). The van der Waals surface area contributed by atoms with Gasteiger partial charge in [-0.3, -0.25) is 9.59 Å². The number of fused-ring (bicyclic) bond motifs is 3. The number of hydrogen-bond acceptors (Lipinski definition) is 4. The molecule has 1 saturated heterocycles. The van der Waals surface area contributed by atoms with Gasteiger partial charge >= 0.3 is 19.1 Å². The zero-order chi connectivity index (χ0) is 27.6. The molecule has 1 aliphatic carbocycles. The van der Waals surface area contributed by atoms with E-state index in [1.165, 1.54) is 22.3 Å². The smallest absolute Gasteiger partial charge is 0.481 e. The fraction of sp³-hybridized carbons (Fsp3) is 0.548. The number of benzene rings is 2. The van der Waals surface area contributed by atoms with E-state index in [-0.39, 0.29) is 18.3 Å². The molecular formula is C31H41BO6. The maximum Gasteiger partial charge on any atom is 0.494 e. The Kier molecular flexibility index (Phi) is 8.39. The van der Waals surface area contributed by atoms with Crippen LogP contribution in [0.1, 0.15) is 103 Å². The quantitative estimate of drug-likeness (QED) is 0.237. The minimum Gasteiger partial charge on any atom is -0.481 e. The average Bonchev–Trinajstić information content (AvgIpc) is 3.25. The van der Waals surface area contributed by atoms with Gasteiger partial charge < -0.3 is 19.5 Å². The highest BCUT2D eigenvalue weighted by Crippen LogP contribution is 2.54. The van der Waals surface area contributed by atoms with Gasteiger partial charge in [-0.1, -0.05) is 68.1 Å². The Hall–Kier alpha value is -2.64. The van der Waals surface area contributed by atoms with Crippen LogP contribution in [0.3, 0.4) is 0 Å². The summed E-state index contributed by atoms with van der Waals surface area (Å²) in [6, 6.07) is 15.2. The van der Waals surface area contributed by atoms with E-state index in [4.69, 9.17) is 19.5 Å². The van der Waals surface area contributed by atoms with E-state index in [2.05, 4.69) is 70.2 Å². The predicted octanol–water partition coefficient (Wildman–Crippen LogP) is 6.32. The summed E-state index contributed by atoms with van der Waals surface area (Å²) in [5, 5.41) is 18.2. The van der Waals surface area contributed by atoms with E-state index in [0.717, 1.165) is 44.0 Å². The highest BCUT2D eigenvalue weighted by atomic mass is 16.7. The molecule has 1 aliphatic heterocycles. The minimum absolute atomic E-state index is 0.196. The number of carboxylic acid groups (broad SMARTS) is 2. The van der Waals surface area contributed by atoms with Gasteiger partial charge in [0.25, 0.3) is 0 Å². The van der Waals surface area contributed by atoms with Crippen molar-refractivity contribution < 1.29 is 29.1 Å². The van der Waals surface area contributed by atoms with E-state index in [1.54, 1.807) is 0 Å². The molecule has 7 heteroatoms. The van der Waals surface area contributed by atoms with Crippen LogP contribution < -0.4 is 5.46 Å². The molecule has 2 aromatic carbocycles. The third kappa shape index (κ3) is 5.69. The Morgan fingerprint density at radius 1 is 0.711 bits per heavy atom. The van der Waals surface area contributed by atoms with Crippen molar-refractivity contribution >= 4 is 24.5 Å². The van der Waals surface area contributed by atoms with Crippen molar-refractivity contribution in [2.24, 2.45) is 0 Å². The molecule has 0 aromatic heterocycles. The summed E-state index contributed by atoms with van der Waals surface area (Å²) in [5.74, 6) is -1.50. The van der Waals surface area contributed by atoms with Crippen molar-refractivity contribution in [3.8, 4) is 11.1 Å². The van der Waals surface area contributed by atoms with E-state index in [9.17, 15) is 9.59 Å². The zero-order valence-corrected chi connectivity index (χ0v) is 23.2. The number of carboxylic acids is 2. The Labute approximate surface area is 226 Å². The lowest BCUT2D eigenvalue weighted by molar-refractivity contribution is -0.138. The Morgan fingerprint density at radius 3 is 1.79 bits per heavy atom. The maximum atomic E-state index is 11.0. The molecule has 6 nitrogen and oxygen atoms in total. The van der Waals surface area contributed by atoms with E-state index < -0.39 is 30.3 Å². The molecular weight excluding hydrogens is 479 g/mol. The van der Waals surface area contributed by atoms with Gasteiger partial charge in [0.15, 0.2) is 0 Å². The van der Waals surface area contributed by atoms with Crippen LogP contribution in [0.4, 0.5) is 0 Å². The Balaban J connectivity index is 1.68. The molecule has 1 heterocycles. The monoisotopic (exact) mass is 520 g/mol. The second kappa shape index (κ2) is 11.2. The van der Waals surface area contributed by atoms with Gasteiger partial charge in [0.1, 0.15) is 0 Å². The molecule has 204 valence electrons. The van der Waals surface area contributed by atoms with Crippen molar-refractivity contribution in [1.82, 2.24) is 0 Å². The zero-order valence-electron chi connectivity index (χ0n) is 23.2. The molecule has 0 unspecified atom stereocenters. The van der Waals surface area contributed by atoms with Gasteiger partial charge in [-0.05, 0) is 81.1 Å². The van der Waals surface area contributed by atoms with Gasteiger partial charge in [0, 0.05) is 18.3 Å². The third-order valence-corrected chi connectivity index (χ3v) is 8.81. The number of unbranched alkanes of at least 4 members (excludes halogenated alkanes) is 4. The van der Waals surface area contributed by atoms with Crippen LogP contribution in [-0.2, 0) is 24.3 Å². The van der Waals surface area contributed by atoms with Crippen LogP contribution in [0.5, 0.6) is 0 Å². The number of carbonyl (C=O) groups is 2. The van der Waals surface area contributed by atoms with Crippen LogP contribution in [0.2, 0.25) is 0 Å². The fourth-order valence-electron chi connectivity index (χ4n) is 6.02. The topological polar surface area (TPSA) is 93.1 Å². The third-order valence-electron chi connectivity index (χ3n) is 8.81. The lowest BCUT2D eigenvalue weighted by atomic mass is 9.68. The molecule has 2 aromatic rings. The van der Waals surface area contributed by atoms with E-state index >= 15 is 0 Å². The standard InChI is InChI=1S/C31H41BO6/c1-29(2)30(3,4)38-32(37-29)22-17-18-24-23-13-9-10-14-25(23)31(26(24)21-22,19-11-5-7-15-27(33)34)20-12-6-8-16-28(35)36/h9-10,13-14,17-18,21H,5-8,11-12,15-16,19-20H2,1-4H3,(H,33,34)(H,35,36). The average molecular weight is 520 g/mol. The summed E-state index contributed by atoms with van der Waals surface area (Å²) in [7, 11) is -0.446. The highest BCUT2D eigenvalue weighted by Gasteiger charge is 2.52. The number of aliphatic carboxylic acids is 2. The first-order valence-electron chi connectivity index (χ1n) is 14.0. The SMILES string of the molecule is CC1(C)OB(c2ccc3c(c2)C(CCCCCC(=O)O)(CCCCCC(=O)O)c2ccccc2-3)OC1(C)C. The summed E-state index contributed by atoms with van der Waals surface area (Å²) >= 11 is 0. The van der Waals surface area contributed by atoms with E-state index in [1.807, 2.05) is 0 Å². The van der Waals surface area contributed by atoms with Crippen molar-refractivity contribution in [1.29, 1.82) is 0 Å². The van der Waals surface area contributed by atoms with Gasteiger partial charge in [-0.15, -0.1) is 0 Å². The summed E-state index contributed by atoms with van der Waals surface area (Å²) in [6.07, 6.45) is 7.16. The fourth-order valence-corrected chi connectivity index (χ4v) is 6.02. The van der Waals surface area contributed by atoms with Gasteiger partial charge in [-0.25, -0.2) is 0 Å². The second-order valence-corrected chi connectivity index (χ2v) is 11.9. The molecule has 0 bridgehead atoms. The van der Waals surface area contributed by atoms with Crippen LogP contribution >= 0.6 is 0 Å². The number of hydrogen-bond donors (Lipinski definition) is 2. The normalized spacial score (nSPS) is 18.3. The number of rotatable bonds is 13. The minimum atomic E-state index is -0.748. The molecule has 2 N–H and O–H groups in total. The lowest BCUT2D eigenvalue weighted by Crippen LogP contribution is -2.41. The molecule has 0 saturated carbocycles. The Bertz CT molecular complexity index is 1130. The Morgan fingerprint density at radius 2 is 1.24 bits per heavy atom. The summed E-state index contributed by atoms with van der Waals surface area (Å²) in [4.78, 5) is 22.1. The first kappa shape index (κ1) is 28.4. The molecule has 0 atom stereocenters. The lowest BCUT2D eigenvalue weighted by Gasteiger charge is -2.33. The highest BCUT2D eigenvalue weighted by molar-refractivity contribution is 6.62. The van der Waals surface area contributed by atoms with Gasteiger partial charge in [0.05, 0.1) is 11.2 Å².